The molecule has 0 aliphatic rings. The van der Waals surface area contributed by atoms with Crippen molar-refractivity contribution in [1.82, 2.24) is 16.0 Å². The Morgan fingerprint density at radius 3 is 2.33 bits per heavy atom. The number of nitrogens with one attached hydrogen (secondary N) is 3. The Hall–Kier alpha value is -1.67. The van der Waals surface area contributed by atoms with Crippen molar-refractivity contribution >= 4 is 17.7 Å². The number of likely N-dealkylation sites (N-methyl/N-ethyl adjacent to an activating group) is 1. The van der Waals surface area contributed by atoms with Crippen molar-refractivity contribution < 1.29 is 19.5 Å². The molecule has 0 aliphatic carbocycles. The second-order valence-electron chi connectivity index (χ2n) is 3.73. The molecule has 0 heterocycles. The van der Waals surface area contributed by atoms with E-state index in [2.05, 4.69) is 16.0 Å². The maximum Gasteiger partial charge on any atom is 0.242 e. The zero-order valence-electron chi connectivity index (χ0n) is 10.5. The molecule has 0 aromatic rings. The van der Waals surface area contributed by atoms with E-state index < -0.39 is 18.2 Å². The van der Waals surface area contributed by atoms with E-state index in [0.717, 1.165) is 0 Å². The molecule has 18 heavy (non-hydrogen) atoms. The van der Waals surface area contributed by atoms with Crippen LogP contribution >= 0.6 is 0 Å². The highest BCUT2D eigenvalue weighted by Crippen LogP contribution is 1.98. The van der Waals surface area contributed by atoms with Crippen LogP contribution in [0.15, 0.2) is 0 Å². The average Bonchev–Trinajstić information content (AvgIpc) is 2.32. The molecule has 2 atom stereocenters. The van der Waals surface area contributed by atoms with E-state index in [4.69, 9.17) is 10.8 Å². The lowest BCUT2D eigenvalue weighted by molar-refractivity contribution is -0.129. The molecule has 104 valence electrons. The van der Waals surface area contributed by atoms with Crippen LogP contribution < -0.4 is 21.7 Å². The third kappa shape index (κ3) is 6.81. The number of rotatable bonds is 7. The van der Waals surface area contributed by atoms with Crippen molar-refractivity contribution in [2.75, 3.05) is 13.6 Å². The van der Waals surface area contributed by atoms with Crippen LogP contribution in [-0.2, 0) is 14.4 Å². The summed E-state index contributed by atoms with van der Waals surface area (Å²) in [5, 5.41) is 16.2. The van der Waals surface area contributed by atoms with Crippen LogP contribution in [0.1, 0.15) is 19.8 Å². The van der Waals surface area contributed by atoms with Gasteiger partial charge in [-0.2, -0.15) is 0 Å². The second kappa shape index (κ2) is 8.43. The number of hydrogen-bond donors (Lipinski definition) is 5. The third-order valence-corrected chi connectivity index (χ3v) is 2.15. The third-order valence-electron chi connectivity index (χ3n) is 2.15. The molecule has 0 bridgehead atoms. The van der Waals surface area contributed by atoms with Gasteiger partial charge >= 0.3 is 0 Å². The first-order valence-corrected chi connectivity index (χ1v) is 5.56. The molecule has 8 heteroatoms. The molecule has 0 aromatic heterocycles. The molecule has 6 N–H and O–H groups in total. The summed E-state index contributed by atoms with van der Waals surface area (Å²) in [5.74, 6) is -1.17. The first-order chi connectivity index (χ1) is 8.40. The maximum atomic E-state index is 11.4. The first-order valence-electron chi connectivity index (χ1n) is 5.56. The largest absolute Gasteiger partial charge is 0.372 e. The number of aliphatic hydroxyl groups excluding tert-OH is 1. The van der Waals surface area contributed by atoms with Crippen molar-refractivity contribution in [3.63, 3.8) is 0 Å². The summed E-state index contributed by atoms with van der Waals surface area (Å²) in [6.07, 6.45) is -0.964. The number of nitrogens with two attached hydrogens (primary N) is 1. The standard InChI is InChI=1S/C10H20N4O4/c1-6(15)13-7(10(18)12-2)3-4-8(16)14-9(17)5-11/h7,9,17H,3-5,11H2,1-2H3,(H,12,18)(H,13,15)(H,14,16)/t7-,9?/m0/s1. The van der Waals surface area contributed by atoms with Gasteiger partial charge in [-0.3, -0.25) is 14.4 Å². The molecule has 0 fully saturated rings. The fourth-order valence-corrected chi connectivity index (χ4v) is 1.28. The molecular weight excluding hydrogens is 240 g/mol. The highest BCUT2D eigenvalue weighted by atomic mass is 16.3. The van der Waals surface area contributed by atoms with Crippen molar-refractivity contribution in [2.45, 2.75) is 32.0 Å². The molecule has 8 nitrogen and oxygen atoms in total. The fourth-order valence-electron chi connectivity index (χ4n) is 1.28. The Morgan fingerprint density at radius 1 is 1.28 bits per heavy atom. The summed E-state index contributed by atoms with van der Waals surface area (Å²) in [5.41, 5.74) is 5.13. The van der Waals surface area contributed by atoms with Gasteiger partial charge in [-0.1, -0.05) is 0 Å². The molecule has 3 amide bonds. The molecule has 1 unspecified atom stereocenters. The van der Waals surface area contributed by atoms with Gasteiger partial charge in [0.1, 0.15) is 12.3 Å². The molecular formula is C10H20N4O4. The molecule has 0 aromatic carbocycles. The summed E-state index contributed by atoms with van der Waals surface area (Å²) >= 11 is 0. The van der Waals surface area contributed by atoms with E-state index in [1.54, 1.807) is 0 Å². The van der Waals surface area contributed by atoms with Gasteiger partial charge in [0.25, 0.3) is 0 Å². The number of carbonyl (C=O) groups excluding carboxylic acids is 3. The minimum atomic E-state index is -1.10. The predicted molar refractivity (Wildman–Crippen MR) is 64.1 cm³/mol. The van der Waals surface area contributed by atoms with Crippen LogP contribution in [0.3, 0.4) is 0 Å². The molecule has 0 saturated heterocycles. The van der Waals surface area contributed by atoms with Gasteiger partial charge in [-0.25, -0.2) is 0 Å². The predicted octanol–water partition coefficient (Wildman–Crippen LogP) is -2.59. The molecule has 0 radical (unpaired) electrons. The Bertz CT molecular complexity index is 308. The summed E-state index contributed by atoms with van der Waals surface area (Å²) in [4.78, 5) is 33.6. The summed E-state index contributed by atoms with van der Waals surface area (Å²) < 4.78 is 0. The van der Waals surface area contributed by atoms with Gasteiger partial charge in [0, 0.05) is 26.9 Å². The molecule has 0 spiro atoms. The number of aliphatic hydroxyl groups is 1. The smallest absolute Gasteiger partial charge is 0.242 e. The Morgan fingerprint density at radius 2 is 1.89 bits per heavy atom. The Kier molecular flexibility index (Phi) is 7.64. The van der Waals surface area contributed by atoms with Gasteiger partial charge in [-0.15, -0.1) is 0 Å². The second-order valence-corrected chi connectivity index (χ2v) is 3.73. The number of hydrogen-bond acceptors (Lipinski definition) is 5. The van der Waals surface area contributed by atoms with E-state index >= 15 is 0 Å². The van der Waals surface area contributed by atoms with Crippen LogP contribution in [-0.4, -0.2) is 48.7 Å². The lowest BCUT2D eigenvalue weighted by Crippen LogP contribution is -2.46. The number of carbonyl (C=O) groups is 3. The maximum absolute atomic E-state index is 11.4. The van der Waals surface area contributed by atoms with Gasteiger partial charge in [0.15, 0.2) is 0 Å². The van der Waals surface area contributed by atoms with Crippen LogP contribution in [0.2, 0.25) is 0 Å². The van der Waals surface area contributed by atoms with Crippen LogP contribution in [0.5, 0.6) is 0 Å². The van der Waals surface area contributed by atoms with Crippen molar-refractivity contribution in [3.05, 3.63) is 0 Å². The van der Waals surface area contributed by atoms with Crippen molar-refractivity contribution in [1.29, 1.82) is 0 Å². The van der Waals surface area contributed by atoms with Crippen LogP contribution in [0.4, 0.5) is 0 Å². The van der Waals surface area contributed by atoms with E-state index in [1.165, 1.54) is 14.0 Å². The molecule has 0 saturated carbocycles. The zero-order chi connectivity index (χ0) is 14.1. The summed E-state index contributed by atoms with van der Waals surface area (Å²) in [7, 11) is 1.44. The molecule has 0 aliphatic heterocycles. The lowest BCUT2D eigenvalue weighted by Gasteiger charge is -2.16. The van der Waals surface area contributed by atoms with Crippen molar-refractivity contribution in [3.8, 4) is 0 Å². The normalized spacial score (nSPS) is 13.3. The highest BCUT2D eigenvalue weighted by molar-refractivity contribution is 5.87. The van der Waals surface area contributed by atoms with Crippen molar-refractivity contribution in [2.24, 2.45) is 5.73 Å². The van der Waals surface area contributed by atoms with Gasteiger partial charge in [-0.05, 0) is 6.42 Å². The SMILES string of the molecule is CNC(=O)[C@H](CCC(=O)NC(O)CN)NC(C)=O. The highest BCUT2D eigenvalue weighted by Gasteiger charge is 2.19. The van der Waals surface area contributed by atoms with Crippen LogP contribution in [0, 0.1) is 0 Å². The van der Waals surface area contributed by atoms with E-state index in [-0.39, 0.29) is 31.2 Å². The topological polar surface area (TPSA) is 134 Å². The zero-order valence-corrected chi connectivity index (χ0v) is 10.5. The number of amides is 3. The Balaban J connectivity index is 4.21. The Labute approximate surface area is 105 Å². The van der Waals surface area contributed by atoms with Gasteiger partial charge < -0.3 is 26.8 Å². The minimum Gasteiger partial charge on any atom is -0.372 e. The van der Waals surface area contributed by atoms with E-state index in [0.29, 0.717) is 0 Å². The average molecular weight is 260 g/mol. The van der Waals surface area contributed by atoms with Gasteiger partial charge in [0.2, 0.25) is 17.7 Å². The minimum absolute atomic E-state index is 0.00454. The quantitative estimate of drug-likeness (QED) is 0.320. The molecule has 0 rings (SSSR count). The van der Waals surface area contributed by atoms with E-state index in [1.807, 2.05) is 0 Å². The summed E-state index contributed by atoms with van der Waals surface area (Å²) in [6, 6.07) is -0.770. The summed E-state index contributed by atoms with van der Waals surface area (Å²) in [6.45, 7) is 1.20. The lowest BCUT2D eigenvalue weighted by atomic mass is 10.1. The fraction of sp³-hybridized carbons (Fsp3) is 0.700. The van der Waals surface area contributed by atoms with Crippen LogP contribution in [0.25, 0.3) is 0 Å². The first kappa shape index (κ1) is 16.3. The van der Waals surface area contributed by atoms with Gasteiger partial charge in [0.05, 0.1) is 0 Å². The monoisotopic (exact) mass is 260 g/mol. The van der Waals surface area contributed by atoms with E-state index in [9.17, 15) is 14.4 Å².